The first-order chi connectivity index (χ1) is 7.61. The summed E-state index contributed by atoms with van der Waals surface area (Å²) in [7, 11) is 0. The monoisotopic (exact) mass is 218 g/mol. The fraction of sp³-hybridized carbons (Fsp3) is 0.417. The maximum absolute atomic E-state index is 8.89. The number of fused-ring (bicyclic) bond motifs is 1. The van der Waals surface area contributed by atoms with E-state index in [4.69, 9.17) is 14.7 Å². The van der Waals surface area contributed by atoms with Crippen LogP contribution in [0.3, 0.4) is 0 Å². The van der Waals surface area contributed by atoms with Crippen molar-refractivity contribution in [3.63, 3.8) is 0 Å². The number of nitrogens with one attached hydrogen (secondary N) is 1. The molecule has 0 saturated carbocycles. The van der Waals surface area contributed by atoms with Crippen LogP contribution in [0, 0.1) is 16.7 Å². The second kappa shape index (κ2) is 3.93. The second-order valence-corrected chi connectivity index (χ2v) is 4.42. The molecule has 2 rings (SSSR count). The van der Waals surface area contributed by atoms with E-state index in [1.165, 1.54) is 0 Å². The summed E-state index contributed by atoms with van der Waals surface area (Å²) in [4.78, 5) is 0. The summed E-state index contributed by atoms with van der Waals surface area (Å²) in [5.74, 6) is 1.52. The molecule has 0 amide bonds. The number of nitrogens with zero attached hydrogens (tertiary/aromatic N) is 1. The summed E-state index contributed by atoms with van der Waals surface area (Å²) in [5.41, 5.74) is 0.559. The normalized spacial score (nSPS) is 13.3. The van der Waals surface area contributed by atoms with E-state index in [0.717, 1.165) is 17.2 Å². The van der Waals surface area contributed by atoms with Crippen molar-refractivity contribution >= 4 is 5.69 Å². The Balaban J connectivity index is 2.04. The highest BCUT2D eigenvalue weighted by atomic mass is 16.7. The Bertz CT molecular complexity index is 435. The van der Waals surface area contributed by atoms with E-state index in [9.17, 15) is 0 Å². The third-order valence-corrected chi connectivity index (χ3v) is 2.41. The van der Waals surface area contributed by atoms with E-state index < -0.39 is 0 Å². The van der Waals surface area contributed by atoms with Crippen LogP contribution >= 0.6 is 0 Å². The summed E-state index contributed by atoms with van der Waals surface area (Å²) < 4.78 is 10.5. The highest BCUT2D eigenvalue weighted by molar-refractivity contribution is 5.55. The Morgan fingerprint density at radius 1 is 1.38 bits per heavy atom. The standard InChI is InChI=1S/C12H14N2O2/c1-12(2,6-13)7-14-9-3-4-10-11(5-9)16-8-15-10/h3-5,14H,7-8H2,1-2H3. The molecule has 0 aromatic heterocycles. The van der Waals surface area contributed by atoms with Crippen LogP contribution < -0.4 is 14.8 Å². The van der Waals surface area contributed by atoms with Crippen LogP contribution in [0.15, 0.2) is 18.2 Å². The van der Waals surface area contributed by atoms with Crippen LogP contribution in [0.4, 0.5) is 5.69 Å². The summed E-state index contributed by atoms with van der Waals surface area (Å²) in [6.45, 7) is 4.67. The lowest BCUT2D eigenvalue weighted by Crippen LogP contribution is -2.20. The summed E-state index contributed by atoms with van der Waals surface area (Å²) >= 11 is 0. The lowest BCUT2D eigenvalue weighted by Gasteiger charge is -2.16. The van der Waals surface area contributed by atoms with Crippen LogP contribution in [0.1, 0.15) is 13.8 Å². The quantitative estimate of drug-likeness (QED) is 0.846. The van der Waals surface area contributed by atoms with Crippen molar-refractivity contribution in [2.24, 2.45) is 5.41 Å². The second-order valence-electron chi connectivity index (χ2n) is 4.42. The van der Waals surface area contributed by atoms with Crippen molar-refractivity contribution in [2.45, 2.75) is 13.8 Å². The average Bonchev–Trinajstić information content (AvgIpc) is 2.73. The number of hydrogen-bond acceptors (Lipinski definition) is 4. The molecular formula is C12H14N2O2. The third kappa shape index (κ3) is 2.19. The minimum absolute atomic E-state index is 0.280. The highest BCUT2D eigenvalue weighted by Gasteiger charge is 2.17. The first kappa shape index (κ1) is 10.6. The Kier molecular flexibility index (Phi) is 2.61. The average molecular weight is 218 g/mol. The van der Waals surface area contributed by atoms with Crippen LogP contribution in [-0.4, -0.2) is 13.3 Å². The largest absolute Gasteiger partial charge is 0.454 e. The third-order valence-electron chi connectivity index (χ3n) is 2.41. The molecule has 1 N–H and O–H groups in total. The van der Waals surface area contributed by atoms with Gasteiger partial charge in [-0.1, -0.05) is 0 Å². The number of rotatable bonds is 3. The van der Waals surface area contributed by atoms with Crippen LogP contribution in [-0.2, 0) is 0 Å². The van der Waals surface area contributed by atoms with Crippen molar-refractivity contribution < 1.29 is 9.47 Å². The van der Waals surface area contributed by atoms with Crippen LogP contribution in [0.2, 0.25) is 0 Å². The van der Waals surface area contributed by atoms with E-state index in [-0.39, 0.29) is 12.2 Å². The summed E-state index contributed by atoms with van der Waals surface area (Å²) in [6.07, 6.45) is 0. The van der Waals surface area contributed by atoms with Gasteiger partial charge in [-0.25, -0.2) is 0 Å². The van der Waals surface area contributed by atoms with E-state index in [0.29, 0.717) is 6.54 Å². The van der Waals surface area contributed by atoms with Gasteiger partial charge < -0.3 is 14.8 Å². The highest BCUT2D eigenvalue weighted by Crippen LogP contribution is 2.34. The van der Waals surface area contributed by atoms with Gasteiger partial charge in [0.05, 0.1) is 11.5 Å². The van der Waals surface area contributed by atoms with Gasteiger partial charge in [0.15, 0.2) is 11.5 Å². The molecule has 4 nitrogen and oxygen atoms in total. The van der Waals surface area contributed by atoms with Gasteiger partial charge in [-0.2, -0.15) is 5.26 Å². The molecule has 4 heteroatoms. The fourth-order valence-electron chi connectivity index (χ4n) is 1.37. The van der Waals surface area contributed by atoms with Crippen molar-refractivity contribution in [2.75, 3.05) is 18.7 Å². The zero-order chi connectivity index (χ0) is 11.6. The maximum Gasteiger partial charge on any atom is 0.231 e. The number of benzene rings is 1. The van der Waals surface area contributed by atoms with E-state index in [1.807, 2.05) is 32.0 Å². The summed E-state index contributed by atoms with van der Waals surface area (Å²) in [5, 5.41) is 12.1. The SMILES string of the molecule is CC(C)(C#N)CNc1ccc2c(c1)OCO2. The Hall–Kier alpha value is -1.89. The molecule has 0 spiro atoms. The van der Waals surface area contributed by atoms with E-state index in [1.54, 1.807) is 0 Å². The van der Waals surface area contributed by atoms with Crippen molar-refractivity contribution in [3.05, 3.63) is 18.2 Å². The molecule has 1 aromatic rings. The topological polar surface area (TPSA) is 54.3 Å². The Morgan fingerprint density at radius 3 is 2.88 bits per heavy atom. The van der Waals surface area contributed by atoms with Gasteiger partial charge in [0.25, 0.3) is 0 Å². The maximum atomic E-state index is 8.89. The van der Waals surface area contributed by atoms with Gasteiger partial charge >= 0.3 is 0 Å². The molecule has 0 atom stereocenters. The smallest absolute Gasteiger partial charge is 0.231 e. The van der Waals surface area contributed by atoms with Crippen molar-refractivity contribution in [1.82, 2.24) is 0 Å². The molecule has 0 radical (unpaired) electrons. The molecule has 84 valence electrons. The molecule has 16 heavy (non-hydrogen) atoms. The molecule has 0 unspecified atom stereocenters. The van der Waals surface area contributed by atoms with E-state index >= 15 is 0 Å². The van der Waals surface area contributed by atoms with Crippen LogP contribution in [0.5, 0.6) is 11.5 Å². The number of hydrogen-bond donors (Lipinski definition) is 1. The molecule has 1 aliphatic rings. The van der Waals surface area contributed by atoms with Crippen LogP contribution in [0.25, 0.3) is 0 Å². The first-order valence-corrected chi connectivity index (χ1v) is 5.15. The van der Waals surface area contributed by atoms with Gasteiger partial charge in [0.2, 0.25) is 6.79 Å². The zero-order valence-electron chi connectivity index (χ0n) is 9.41. The molecule has 1 aliphatic heterocycles. The molecule has 0 aliphatic carbocycles. The molecule has 1 heterocycles. The predicted octanol–water partition coefficient (Wildman–Crippen LogP) is 2.38. The molecule has 0 saturated heterocycles. The molecule has 0 bridgehead atoms. The lowest BCUT2D eigenvalue weighted by molar-refractivity contribution is 0.174. The zero-order valence-corrected chi connectivity index (χ0v) is 9.41. The van der Waals surface area contributed by atoms with Crippen molar-refractivity contribution in [3.8, 4) is 17.6 Å². The van der Waals surface area contributed by atoms with Gasteiger partial charge in [-0.3, -0.25) is 0 Å². The molecule has 1 aromatic carbocycles. The number of anilines is 1. The lowest BCUT2D eigenvalue weighted by atomic mass is 9.96. The predicted molar refractivity (Wildman–Crippen MR) is 60.4 cm³/mol. The molecule has 0 fully saturated rings. The van der Waals surface area contributed by atoms with Gasteiger partial charge in [-0.15, -0.1) is 0 Å². The van der Waals surface area contributed by atoms with E-state index in [2.05, 4.69) is 11.4 Å². The first-order valence-electron chi connectivity index (χ1n) is 5.15. The molecular weight excluding hydrogens is 204 g/mol. The number of nitriles is 1. The minimum Gasteiger partial charge on any atom is -0.454 e. The summed E-state index contributed by atoms with van der Waals surface area (Å²) in [6, 6.07) is 7.91. The fourth-order valence-corrected chi connectivity index (χ4v) is 1.37. The Morgan fingerprint density at radius 2 is 2.12 bits per heavy atom. The van der Waals surface area contributed by atoms with Gasteiger partial charge in [0.1, 0.15) is 0 Å². The number of ether oxygens (including phenoxy) is 2. The van der Waals surface area contributed by atoms with Gasteiger partial charge in [0, 0.05) is 18.3 Å². The van der Waals surface area contributed by atoms with Gasteiger partial charge in [-0.05, 0) is 26.0 Å². The minimum atomic E-state index is -0.379. The van der Waals surface area contributed by atoms with Crippen molar-refractivity contribution in [1.29, 1.82) is 5.26 Å². The Labute approximate surface area is 94.8 Å².